The highest BCUT2D eigenvalue weighted by atomic mass is 14.2. The molecule has 1 aliphatic carbocycles. The summed E-state index contributed by atoms with van der Waals surface area (Å²) in [6.07, 6.45) is 7.38. The van der Waals surface area contributed by atoms with Crippen LogP contribution in [0.5, 0.6) is 0 Å². The Hall–Kier alpha value is 0. The van der Waals surface area contributed by atoms with E-state index >= 15 is 0 Å². The summed E-state index contributed by atoms with van der Waals surface area (Å²) in [7, 11) is 0. The lowest BCUT2D eigenvalue weighted by Gasteiger charge is -2.14. The van der Waals surface area contributed by atoms with E-state index < -0.39 is 0 Å². The molecule has 2 atom stereocenters. The molecule has 2 unspecified atom stereocenters. The third kappa shape index (κ3) is 4.44. The van der Waals surface area contributed by atoms with Crippen molar-refractivity contribution in [2.75, 3.05) is 0 Å². The van der Waals surface area contributed by atoms with E-state index in [1.165, 1.54) is 32.1 Å². The molecular formula is C11H24. The van der Waals surface area contributed by atoms with Crippen molar-refractivity contribution < 1.29 is 0 Å². The van der Waals surface area contributed by atoms with Crippen molar-refractivity contribution in [2.24, 2.45) is 11.8 Å². The third-order valence-corrected chi connectivity index (χ3v) is 2.79. The van der Waals surface area contributed by atoms with E-state index in [-0.39, 0.29) is 0 Å². The summed E-state index contributed by atoms with van der Waals surface area (Å²) in [6, 6.07) is 0. The first-order chi connectivity index (χ1) is 5.30. The van der Waals surface area contributed by atoms with E-state index in [0.717, 1.165) is 11.8 Å². The fourth-order valence-corrected chi connectivity index (χ4v) is 1.68. The SMILES string of the molecule is CC.CC1CCCCCC1C. The molecule has 1 aliphatic rings. The van der Waals surface area contributed by atoms with Crippen LogP contribution in [-0.2, 0) is 0 Å². The molecule has 0 N–H and O–H groups in total. The van der Waals surface area contributed by atoms with Gasteiger partial charge in [0.25, 0.3) is 0 Å². The second kappa shape index (κ2) is 6.69. The van der Waals surface area contributed by atoms with Gasteiger partial charge in [0.2, 0.25) is 0 Å². The second-order valence-corrected chi connectivity index (χ2v) is 3.59. The average molecular weight is 156 g/mol. The molecule has 0 heterocycles. The van der Waals surface area contributed by atoms with Gasteiger partial charge in [-0.25, -0.2) is 0 Å². The molecule has 0 amide bonds. The van der Waals surface area contributed by atoms with Crippen LogP contribution in [0.25, 0.3) is 0 Å². The maximum Gasteiger partial charge on any atom is -0.0417 e. The summed E-state index contributed by atoms with van der Waals surface area (Å²) in [5.74, 6) is 1.99. The Morgan fingerprint density at radius 2 is 1.09 bits per heavy atom. The van der Waals surface area contributed by atoms with Gasteiger partial charge in [0.15, 0.2) is 0 Å². The molecular weight excluding hydrogens is 132 g/mol. The van der Waals surface area contributed by atoms with Gasteiger partial charge in [-0.1, -0.05) is 59.8 Å². The number of hydrogen-bond acceptors (Lipinski definition) is 0. The highest BCUT2D eigenvalue weighted by molar-refractivity contribution is 4.66. The smallest absolute Gasteiger partial charge is 0.0417 e. The van der Waals surface area contributed by atoms with Crippen LogP contribution in [0.1, 0.15) is 59.8 Å². The summed E-state index contributed by atoms with van der Waals surface area (Å²) in [5, 5.41) is 0. The molecule has 68 valence electrons. The van der Waals surface area contributed by atoms with Crippen LogP contribution in [0.3, 0.4) is 0 Å². The normalized spacial score (nSPS) is 31.6. The van der Waals surface area contributed by atoms with Crippen LogP contribution >= 0.6 is 0 Å². The Morgan fingerprint density at radius 1 is 0.727 bits per heavy atom. The summed E-state index contributed by atoms with van der Waals surface area (Å²) < 4.78 is 0. The zero-order valence-corrected chi connectivity index (χ0v) is 8.69. The van der Waals surface area contributed by atoms with Crippen molar-refractivity contribution in [2.45, 2.75) is 59.8 Å². The van der Waals surface area contributed by atoms with E-state index in [1.807, 2.05) is 13.8 Å². The Balaban J connectivity index is 0.000000461. The molecule has 0 nitrogen and oxygen atoms in total. The van der Waals surface area contributed by atoms with Crippen molar-refractivity contribution in [1.29, 1.82) is 0 Å². The second-order valence-electron chi connectivity index (χ2n) is 3.59. The minimum atomic E-state index is 0.993. The van der Waals surface area contributed by atoms with E-state index in [4.69, 9.17) is 0 Å². The maximum absolute atomic E-state index is 2.40. The van der Waals surface area contributed by atoms with Crippen molar-refractivity contribution in [1.82, 2.24) is 0 Å². The maximum atomic E-state index is 2.40. The van der Waals surface area contributed by atoms with Gasteiger partial charge < -0.3 is 0 Å². The van der Waals surface area contributed by atoms with Crippen LogP contribution in [-0.4, -0.2) is 0 Å². The lowest BCUT2D eigenvalue weighted by molar-refractivity contribution is 0.367. The largest absolute Gasteiger partial charge is 0.0683 e. The molecule has 1 saturated carbocycles. The molecule has 0 heteroatoms. The van der Waals surface area contributed by atoms with E-state index in [2.05, 4.69) is 13.8 Å². The molecule has 0 radical (unpaired) electrons. The van der Waals surface area contributed by atoms with Crippen LogP contribution in [0, 0.1) is 11.8 Å². The lowest BCUT2D eigenvalue weighted by Crippen LogP contribution is -2.04. The van der Waals surface area contributed by atoms with Crippen molar-refractivity contribution >= 4 is 0 Å². The van der Waals surface area contributed by atoms with Crippen LogP contribution in [0.15, 0.2) is 0 Å². The molecule has 1 rings (SSSR count). The molecule has 0 bridgehead atoms. The Kier molecular flexibility index (Phi) is 6.69. The van der Waals surface area contributed by atoms with Gasteiger partial charge in [0.1, 0.15) is 0 Å². The fraction of sp³-hybridized carbons (Fsp3) is 1.00. The van der Waals surface area contributed by atoms with E-state index in [0.29, 0.717) is 0 Å². The van der Waals surface area contributed by atoms with Gasteiger partial charge in [-0.2, -0.15) is 0 Å². The fourth-order valence-electron chi connectivity index (χ4n) is 1.68. The van der Waals surface area contributed by atoms with Crippen LogP contribution < -0.4 is 0 Å². The molecule has 0 aromatic heterocycles. The van der Waals surface area contributed by atoms with Gasteiger partial charge in [-0.05, 0) is 11.8 Å². The van der Waals surface area contributed by atoms with Crippen LogP contribution in [0.2, 0.25) is 0 Å². The standard InChI is InChI=1S/C9H18.C2H6/c1-8-6-4-3-5-7-9(8)2;1-2/h8-9H,3-7H2,1-2H3;1-2H3. The van der Waals surface area contributed by atoms with E-state index in [1.54, 1.807) is 0 Å². The highest BCUT2D eigenvalue weighted by Crippen LogP contribution is 2.27. The highest BCUT2D eigenvalue weighted by Gasteiger charge is 2.14. The summed E-state index contributed by atoms with van der Waals surface area (Å²) in [4.78, 5) is 0. The summed E-state index contributed by atoms with van der Waals surface area (Å²) in [5.41, 5.74) is 0. The third-order valence-electron chi connectivity index (χ3n) is 2.79. The molecule has 0 spiro atoms. The zero-order valence-electron chi connectivity index (χ0n) is 8.69. The first-order valence-corrected chi connectivity index (χ1v) is 5.30. The number of hydrogen-bond donors (Lipinski definition) is 0. The van der Waals surface area contributed by atoms with Gasteiger partial charge in [-0.15, -0.1) is 0 Å². The van der Waals surface area contributed by atoms with Crippen molar-refractivity contribution in [3.8, 4) is 0 Å². The minimum Gasteiger partial charge on any atom is -0.0683 e. The minimum absolute atomic E-state index is 0.993. The van der Waals surface area contributed by atoms with Gasteiger partial charge in [0.05, 0.1) is 0 Å². The van der Waals surface area contributed by atoms with Gasteiger partial charge >= 0.3 is 0 Å². The molecule has 1 fully saturated rings. The summed E-state index contributed by atoms with van der Waals surface area (Å²) >= 11 is 0. The number of rotatable bonds is 0. The molecule has 0 aromatic carbocycles. The topological polar surface area (TPSA) is 0 Å². The Morgan fingerprint density at radius 3 is 1.45 bits per heavy atom. The molecule has 0 aromatic rings. The lowest BCUT2D eigenvalue weighted by atomic mass is 9.92. The zero-order chi connectivity index (χ0) is 8.69. The van der Waals surface area contributed by atoms with Crippen LogP contribution in [0.4, 0.5) is 0 Å². The first kappa shape index (κ1) is 11.0. The average Bonchev–Trinajstić information content (AvgIpc) is 2.22. The molecule has 0 saturated heterocycles. The van der Waals surface area contributed by atoms with E-state index in [9.17, 15) is 0 Å². The van der Waals surface area contributed by atoms with Crippen molar-refractivity contribution in [3.05, 3.63) is 0 Å². The Labute approximate surface area is 72.4 Å². The van der Waals surface area contributed by atoms with Gasteiger partial charge in [0, 0.05) is 0 Å². The van der Waals surface area contributed by atoms with Crippen molar-refractivity contribution in [3.63, 3.8) is 0 Å². The Bertz CT molecular complexity index is 66.1. The van der Waals surface area contributed by atoms with Gasteiger partial charge in [-0.3, -0.25) is 0 Å². The monoisotopic (exact) mass is 156 g/mol. The first-order valence-electron chi connectivity index (χ1n) is 5.30. The molecule has 11 heavy (non-hydrogen) atoms. The molecule has 0 aliphatic heterocycles. The predicted molar refractivity (Wildman–Crippen MR) is 52.8 cm³/mol. The predicted octanol–water partition coefficient (Wildman–Crippen LogP) is 4.25. The summed E-state index contributed by atoms with van der Waals surface area (Å²) in [6.45, 7) is 8.80. The quantitative estimate of drug-likeness (QED) is 0.460.